The molecule has 1 aliphatic heterocycles. The van der Waals surface area contributed by atoms with Crippen molar-refractivity contribution in [2.75, 3.05) is 30.7 Å². The Labute approximate surface area is 162 Å². The Bertz CT molecular complexity index is 824. The van der Waals surface area contributed by atoms with E-state index in [-0.39, 0.29) is 0 Å². The van der Waals surface area contributed by atoms with Crippen LogP contribution in [0.25, 0.3) is 0 Å². The molecule has 146 valence electrons. The maximum absolute atomic E-state index is 11.6. The average molecular weight is 389 g/mol. The van der Waals surface area contributed by atoms with E-state index in [0.29, 0.717) is 18.2 Å². The maximum atomic E-state index is 11.6. The summed E-state index contributed by atoms with van der Waals surface area (Å²) in [5.41, 5.74) is 2.88. The van der Waals surface area contributed by atoms with Crippen molar-refractivity contribution in [2.45, 2.75) is 26.0 Å². The van der Waals surface area contributed by atoms with Gasteiger partial charge in [0.15, 0.2) is 0 Å². The zero-order valence-electron chi connectivity index (χ0n) is 15.8. The summed E-state index contributed by atoms with van der Waals surface area (Å²) >= 11 is 0. The molecule has 1 unspecified atom stereocenters. The highest BCUT2D eigenvalue weighted by molar-refractivity contribution is 7.92. The second-order valence-electron chi connectivity index (χ2n) is 7.28. The van der Waals surface area contributed by atoms with Gasteiger partial charge in [0, 0.05) is 13.1 Å². The Morgan fingerprint density at radius 2 is 1.85 bits per heavy atom. The zero-order valence-corrected chi connectivity index (χ0v) is 16.6. The first-order chi connectivity index (χ1) is 13.0. The quantitative estimate of drug-likeness (QED) is 0.752. The number of anilines is 1. The van der Waals surface area contributed by atoms with Crippen LogP contribution in [-0.4, -0.2) is 39.3 Å². The van der Waals surface area contributed by atoms with E-state index in [9.17, 15) is 8.42 Å². The molecule has 0 spiro atoms. The largest absolute Gasteiger partial charge is 0.376 e. The Balaban J connectivity index is 1.53. The minimum Gasteiger partial charge on any atom is -0.376 e. The molecule has 5 nitrogen and oxygen atoms in total. The van der Waals surface area contributed by atoms with Gasteiger partial charge in [0.2, 0.25) is 10.0 Å². The summed E-state index contributed by atoms with van der Waals surface area (Å²) in [5.74, 6) is 0.512. The van der Waals surface area contributed by atoms with Crippen LogP contribution in [-0.2, 0) is 27.9 Å². The van der Waals surface area contributed by atoms with Crippen molar-refractivity contribution >= 4 is 15.7 Å². The van der Waals surface area contributed by atoms with Crippen molar-refractivity contribution in [1.29, 1.82) is 0 Å². The van der Waals surface area contributed by atoms with E-state index in [4.69, 9.17) is 4.74 Å². The number of piperidine rings is 1. The predicted octanol–water partition coefficient (Wildman–Crippen LogP) is 3.49. The minimum atomic E-state index is -3.28. The van der Waals surface area contributed by atoms with E-state index in [1.807, 2.05) is 42.5 Å². The standard InChI is InChI=1S/C21H28N2O3S/c1-27(24,25)22-21-12-6-5-11-20(21)15-23-13-7-10-19(14-23)17-26-16-18-8-3-2-4-9-18/h2-6,8-9,11-12,19,22H,7,10,13-17H2,1H3. The van der Waals surface area contributed by atoms with E-state index in [1.165, 1.54) is 18.2 Å². The molecule has 6 heteroatoms. The minimum absolute atomic E-state index is 0.512. The molecule has 1 atom stereocenters. The molecule has 0 radical (unpaired) electrons. The van der Waals surface area contributed by atoms with Crippen molar-refractivity contribution in [3.05, 3.63) is 65.7 Å². The lowest BCUT2D eigenvalue weighted by Crippen LogP contribution is -2.36. The van der Waals surface area contributed by atoms with Gasteiger partial charge in [-0.1, -0.05) is 48.5 Å². The number of nitrogens with zero attached hydrogens (tertiary/aromatic N) is 1. The van der Waals surface area contributed by atoms with Crippen molar-refractivity contribution < 1.29 is 13.2 Å². The van der Waals surface area contributed by atoms with E-state index < -0.39 is 10.0 Å². The highest BCUT2D eigenvalue weighted by atomic mass is 32.2. The molecule has 1 aliphatic rings. The molecule has 3 rings (SSSR count). The van der Waals surface area contributed by atoms with Gasteiger partial charge in [-0.3, -0.25) is 9.62 Å². The molecule has 27 heavy (non-hydrogen) atoms. The lowest BCUT2D eigenvalue weighted by molar-refractivity contribution is 0.0497. The van der Waals surface area contributed by atoms with Gasteiger partial charge in [0.25, 0.3) is 0 Å². The maximum Gasteiger partial charge on any atom is 0.229 e. The second-order valence-corrected chi connectivity index (χ2v) is 9.02. The van der Waals surface area contributed by atoms with Gasteiger partial charge in [0.1, 0.15) is 0 Å². The van der Waals surface area contributed by atoms with E-state index >= 15 is 0 Å². The monoisotopic (exact) mass is 388 g/mol. The molecule has 2 aromatic rings. The molecular formula is C21H28N2O3S. The Kier molecular flexibility index (Phi) is 6.88. The lowest BCUT2D eigenvalue weighted by atomic mass is 9.98. The van der Waals surface area contributed by atoms with Gasteiger partial charge < -0.3 is 4.74 Å². The van der Waals surface area contributed by atoms with Gasteiger partial charge >= 0.3 is 0 Å². The lowest BCUT2D eigenvalue weighted by Gasteiger charge is -2.33. The third kappa shape index (κ3) is 6.65. The molecule has 0 amide bonds. The number of hydrogen-bond acceptors (Lipinski definition) is 4. The van der Waals surface area contributed by atoms with E-state index in [1.54, 1.807) is 0 Å². The Morgan fingerprint density at radius 3 is 2.63 bits per heavy atom. The van der Waals surface area contributed by atoms with Crippen molar-refractivity contribution in [2.24, 2.45) is 5.92 Å². The van der Waals surface area contributed by atoms with Gasteiger partial charge in [-0.2, -0.15) is 0 Å². The molecule has 1 fully saturated rings. The van der Waals surface area contributed by atoms with E-state index in [0.717, 1.165) is 38.2 Å². The summed E-state index contributed by atoms with van der Waals surface area (Å²) in [6, 6.07) is 17.9. The van der Waals surface area contributed by atoms with Crippen LogP contribution in [0.15, 0.2) is 54.6 Å². The molecule has 2 aromatic carbocycles. The van der Waals surface area contributed by atoms with Gasteiger partial charge in [-0.15, -0.1) is 0 Å². The zero-order chi connectivity index (χ0) is 19.1. The predicted molar refractivity (Wildman–Crippen MR) is 109 cm³/mol. The van der Waals surface area contributed by atoms with Gasteiger partial charge in [0.05, 0.1) is 25.2 Å². The molecule has 1 heterocycles. The second kappa shape index (κ2) is 9.35. The third-order valence-electron chi connectivity index (χ3n) is 4.77. The first-order valence-corrected chi connectivity index (χ1v) is 11.3. The van der Waals surface area contributed by atoms with Crippen LogP contribution in [0.5, 0.6) is 0 Å². The molecule has 1 N–H and O–H groups in total. The topological polar surface area (TPSA) is 58.6 Å². The van der Waals surface area contributed by atoms with Crippen LogP contribution < -0.4 is 4.72 Å². The number of likely N-dealkylation sites (tertiary alicyclic amines) is 1. The summed E-state index contributed by atoms with van der Waals surface area (Å²) < 4.78 is 31.7. The molecule has 0 bridgehead atoms. The average Bonchev–Trinajstić information content (AvgIpc) is 2.63. The van der Waals surface area contributed by atoms with Crippen molar-refractivity contribution in [3.63, 3.8) is 0 Å². The number of hydrogen-bond donors (Lipinski definition) is 1. The summed E-state index contributed by atoms with van der Waals surface area (Å²) in [6.45, 7) is 4.16. The van der Waals surface area contributed by atoms with Crippen LogP contribution in [0, 0.1) is 5.92 Å². The highest BCUT2D eigenvalue weighted by Gasteiger charge is 2.21. The van der Waals surface area contributed by atoms with Crippen LogP contribution in [0.2, 0.25) is 0 Å². The molecule has 0 aromatic heterocycles. The summed E-state index contributed by atoms with van der Waals surface area (Å²) in [6.07, 6.45) is 3.50. The van der Waals surface area contributed by atoms with Crippen molar-refractivity contribution in [3.8, 4) is 0 Å². The fraction of sp³-hybridized carbons (Fsp3) is 0.429. The first-order valence-electron chi connectivity index (χ1n) is 9.39. The summed E-state index contributed by atoms with van der Waals surface area (Å²) in [5, 5.41) is 0. The fourth-order valence-corrected chi connectivity index (χ4v) is 4.15. The van der Waals surface area contributed by atoms with E-state index in [2.05, 4.69) is 21.8 Å². The summed E-state index contributed by atoms with van der Waals surface area (Å²) in [4.78, 5) is 2.39. The van der Waals surface area contributed by atoms with Crippen LogP contribution in [0.1, 0.15) is 24.0 Å². The van der Waals surface area contributed by atoms with Gasteiger partial charge in [-0.05, 0) is 42.5 Å². The number of sulfonamides is 1. The third-order valence-corrected chi connectivity index (χ3v) is 5.37. The number of ether oxygens (including phenoxy) is 1. The number of para-hydroxylation sites is 1. The Hall–Kier alpha value is -1.89. The number of benzene rings is 2. The van der Waals surface area contributed by atoms with Crippen LogP contribution in [0.4, 0.5) is 5.69 Å². The molecule has 1 saturated heterocycles. The molecule has 0 saturated carbocycles. The smallest absolute Gasteiger partial charge is 0.229 e. The van der Waals surface area contributed by atoms with Crippen LogP contribution >= 0.6 is 0 Å². The SMILES string of the molecule is CS(=O)(=O)Nc1ccccc1CN1CCCC(COCc2ccccc2)C1. The summed E-state index contributed by atoms with van der Waals surface area (Å²) in [7, 11) is -3.28. The molecular weight excluding hydrogens is 360 g/mol. The number of rotatable bonds is 8. The normalized spacial score (nSPS) is 18.3. The fourth-order valence-electron chi connectivity index (χ4n) is 3.55. The first kappa shape index (κ1) is 19.9. The highest BCUT2D eigenvalue weighted by Crippen LogP contribution is 2.23. The molecule has 0 aliphatic carbocycles. The van der Waals surface area contributed by atoms with Crippen molar-refractivity contribution in [1.82, 2.24) is 4.90 Å². The van der Waals surface area contributed by atoms with Crippen LogP contribution in [0.3, 0.4) is 0 Å². The Morgan fingerprint density at radius 1 is 1.11 bits per heavy atom. The number of nitrogens with one attached hydrogen (secondary N) is 1. The van der Waals surface area contributed by atoms with Gasteiger partial charge in [-0.25, -0.2) is 8.42 Å².